The van der Waals surface area contributed by atoms with Gasteiger partial charge in [-0.25, -0.2) is 0 Å². The summed E-state index contributed by atoms with van der Waals surface area (Å²) in [4.78, 5) is 24.7. The molecule has 1 aliphatic carbocycles. The Bertz CT molecular complexity index is 1020. The van der Waals surface area contributed by atoms with E-state index in [2.05, 4.69) is 15.5 Å². The van der Waals surface area contributed by atoms with Gasteiger partial charge in [-0.1, -0.05) is 66.3 Å². The van der Waals surface area contributed by atoms with Crippen LogP contribution in [-0.2, 0) is 11.4 Å². The number of anilines is 1. The van der Waals surface area contributed by atoms with E-state index in [-0.39, 0.29) is 23.4 Å². The van der Waals surface area contributed by atoms with Gasteiger partial charge in [0.25, 0.3) is 0 Å². The summed E-state index contributed by atoms with van der Waals surface area (Å²) in [6.45, 7) is 0.487. The first kappa shape index (κ1) is 21.5. The third kappa shape index (κ3) is 6.15. The molecule has 1 saturated carbocycles. The molecule has 8 heteroatoms. The molecule has 6 nitrogen and oxygen atoms in total. The van der Waals surface area contributed by atoms with E-state index in [1.807, 2.05) is 42.5 Å². The third-order valence-electron chi connectivity index (χ3n) is 5.11. The summed E-state index contributed by atoms with van der Waals surface area (Å²) in [6, 6.07) is 17.1. The van der Waals surface area contributed by atoms with E-state index in [1.54, 1.807) is 12.1 Å². The van der Waals surface area contributed by atoms with Crippen LogP contribution in [-0.4, -0.2) is 27.6 Å². The molecule has 0 unspecified atom stereocenters. The van der Waals surface area contributed by atoms with Crippen LogP contribution in [0.25, 0.3) is 0 Å². The van der Waals surface area contributed by atoms with Crippen LogP contribution in [0.15, 0.2) is 58.9 Å². The smallest absolute Gasteiger partial charge is 0.229 e. The van der Waals surface area contributed by atoms with Crippen molar-refractivity contribution in [2.75, 3.05) is 11.1 Å². The maximum Gasteiger partial charge on any atom is 0.229 e. The van der Waals surface area contributed by atoms with Gasteiger partial charge in [0.15, 0.2) is 10.1 Å². The number of nitrogens with zero attached hydrogens (tertiary/aromatic N) is 2. The number of hydrogen-bond donors (Lipinski definition) is 1. The number of hydrogen-bond acceptors (Lipinski definition) is 7. The molecular formula is C23H23N3O3S2. The largest absolute Gasteiger partial charge is 0.489 e. The van der Waals surface area contributed by atoms with E-state index in [1.165, 1.54) is 23.1 Å². The lowest BCUT2D eigenvalue weighted by Crippen LogP contribution is -2.20. The van der Waals surface area contributed by atoms with Crippen molar-refractivity contribution < 1.29 is 14.3 Å². The van der Waals surface area contributed by atoms with Crippen molar-refractivity contribution >= 4 is 39.9 Å². The van der Waals surface area contributed by atoms with Crippen LogP contribution in [0.2, 0.25) is 0 Å². The molecule has 3 aromatic rings. The van der Waals surface area contributed by atoms with Crippen molar-refractivity contribution in [2.24, 2.45) is 5.92 Å². The lowest BCUT2D eigenvalue weighted by atomic mass is 10.1. The van der Waals surface area contributed by atoms with Gasteiger partial charge >= 0.3 is 0 Å². The lowest BCUT2D eigenvalue weighted by Gasteiger charge is -2.07. The van der Waals surface area contributed by atoms with E-state index in [0.717, 1.165) is 37.0 Å². The van der Waals surface area contributed by atoms with E-state index in [9.17, 15) is 9.59 Å². The van der Waals surface area contributed by atoms with Crippen LogP contribution in [0, 0.1) is 5.92 Å². The zero-order valence-electron chi connectivity index (χ0n) is 17.0. The quantitative estimate of drug-likeness (QED) is 0.272. The second-order valence-electron chi connectivity index (χ2n) is 7.35. The molecule has 0 saturated heterocycles. The fourth-order valence-corrected chi connectivity index (χ4v) is 5.05. The maximum absolute atomic E-state index is 12.5. The van der Waals surface area contributed by atoms with E-state index in [4.69, 9.17) is 4.74 Å². The molecule has 0 radical (unpaired) electrons. The standard InChI is InChI=1S/C23H23N3O3S2/c27-20(17-10-12-19(13-11-17)29-14-16-6-2-1-3-7-16)15-30-23-26-25-22(31-23)24-21(28)18-8-4-5-9-18/h1-3,6-7,10-13,18H,4-5,8-9,14-15H2,(H,24,25,28). The Hall–Kier alpha value is -2.71. The number of carbonyl (C=O) groups excluding carboxylic acids is 2. The Morgan fingerprint density at radius 1 is 1.03 bits per heavy atom. The average Bonchev–Trinajstić information content (AvgIpc) is 3.50. The highest BCUT2D eigenvalue weighted by molar-refractivity contribution is 8.01. The number of nitrogens with one attached hydrogen (secondary N) is 1. The van der Waals surface area contributed by atoms with E-state index >= 15 is 0 Å². The van der Waals surface area contributed by atoms with Crippen molar-refractivity contribution in [3.63, 3.8) is 0 Å². The Balaban J connectivity index is 1.24. The van der Waals surface area contributed by atoms with Crippen molar-refractivity contribution in [2.45, 2.75) is 36.6 Å². The summed E-state index contributed by atoms with van der Waals surface area (Å²) in [5.74, 6) is 1.10. The number of ether oxygens (including phenoxy) is 1. The molecule has 1 amide bonds. The number of Topliss-reactive ketones (excluding diaryl/α,β-unsaturated/α-hetero) is 1. The molecule has 2 aromatic carbocycles. The molecule has 0 spiro atoms. The minimum absolute atomic E-state index is 0.00588. The van der Waals surface area contributed by atoms with Crippen LogP contribution in [0.4, 0.5) is 5.13 Å². The molecule has 1 fully saturated rings. The average molecular weight is 454 g/mol. The van der Waals surface area contributed by atoms with Gasteiger partial charge in [0.05, 0.1) is 5.75 Å². The molecule has 1 aromatic heterocycles. The number of benzene rings is 2. The summed E-state index contributed by atoms with van der Waals surface area (Å²) in [6.07, 6.45) is 4.10. The van der Waals surface area contributed by atoms with Crippen LogP contribution in [0.3, 0.4) is 0 Å². The second-order valence-corrected chi connectivity index (χ2v) is 9.55. The molecule has 1 aliphatic rings. The first-order valence-electron chi connectivity index (χ1n) is 10.2. The van der Waals surface area contributed by atoms with Gasteiger partial charge < -0.3 is 10.1 Å². The minimum Gasteiger partial charge on any atom is -0.489 e. The summed E-state index contributed by atoms with van der Waals surface area (Å²) < 4.78 is 6.42. The molecule has 0 aliphatic heterocycles. The fourth-order valence-electron chi connectivity index (χ4n) is 3.40. The van der Waals surface area contributed by atoms with E-state index in [0.29, 0.717) is 21.6 Å². The SMILES string of the molecule is O=C(CSc1nnc(NC(=O)C2CCCC2)s1)c1ccc(OCc2ccccc2)cc1. The van der Waals surface area contributed by atoms with Gasteiger partial charge in [-0.15, -0.1) is 10.2 Å². The van der Waals surface area contributed by atoms with Crippen LogP contribution in [0.1, 0.15) is 41.6 Å². The Labute approximate surface area is 189 Å². The first-order chi connectivity index (χ1) is 15.2. The zero-order valence-corrected chi connectivity index (χ0v) is 18.6. The third-order valence-corrected chi connectivity index (χ3v) is 7.09. The summed E-state index contributed by atoms with van der Waals surface area (Å²) in [7, 11) is 0. The first-order valence-corrected chi connectivity index (χ1v) is 12.0. The van der Waals surface area contributed by atoms with Crippen LogP contribution >= 0.6 is 23.1 Å². The number of ketones is 1. The predicted molar refractivity (Wildman–Crippen MR) is 123 cm³/mol. The van der Waals surface area contributed by atoms with Crippen molar-refractivity contribution in [3.05, 3.63) is 65.7 Å². The molecule has 1 N–H and O–H groups in total. The van der Waals surface area contributed by atoms with E-state index < -0.39 is 0 Å². The fraction of sp³-hybridized carbons (Fsp3) is 0.304. The van der Waals surface area contributed by atoms with Gasteiger partial charge in [-0.3, -0.25) is 9.59 Å². The molecule has 0 bridgehead atoms. The number of carbonyl (C=O) groups is 2. The van der Waals surface area contributed by atoms with Gasteiger partial charge in [0.2, 0.25) is 11.0 Å². The highest BCUT2D eigenvalue weighted by Crippen LogP contribution is 2.29. The Morgan fingerprint density at radius 3 is 2.52 bits per heavy atom. The molecule has 160 valence electrons. The number of thioether (sulfide) groups is 1. The molecule has 1 heterocycles. The predicted octanol–water partition coefficient (Wildman–Crippen LogP) is 5.22. The highest BCUT2D eigenvalue weighted by atomic mass is 32.2. The Kier molecular flexibility index (Phi) is 7.32. The van der Waals surface area contributed by atoms with Gasteiger partial charge in [0, 0.05) is 11.5 Å². The highest BCUT2D eigenvalue weighted by Gasteiger charge is 2.23. The Morgan fingerprint density at radius 2 is 1.77 bits per heavy atom. The molecular weight excluding hydrogens is 430 g/mol. The van der Waals surface area contributed by atoms with Crippen LogP contribution < -0.4 is 10.1 Å². The topological polar surface area (TPSA) is 81.2 Å². The van der Waals surface area contributed by atoms with Crippen molar-refractivity contribution in [3.8, 4) is 5.75 Å². The monoisotopic (exact) mass is 453 g/mol. The molecule has 4 rings (SSSR count). The normalized spacial score (nSPS) is 13.8. The second kappa shape index (κ2) is 10.5. The molecule has 31 heavy (non-hydrogen) atoms. The van der Waals surface area contributed by atoms with Crippen molar-refractivity contribution in [1.82, 2.24) is 10.2 Å². The van der Waals surface area contributed by atoms with Gasteiger partial charge in [-0.2, -0.15) is 0 Å². The summed E-state index contributed by atoms with van der Waals surface area (Å²) in [5, 5.41) is 11.4. The number of rotatable bonds is 9. The van der Waals surface area contributed by atoms with Gasteiger partial charge in [0.1, 0.15) is 12.4 Å². The maximum atomic E-state index is 12.5. The van der Waals surface area contributed by atoms with Crippen molar-refractivity contribution in [1.29, 1.82) is 0 Å². The summed E-state index contributed by atoms with van der Waals surface area (Å²) in [5.41, 5.74) is 1.72. The van der Waals surface area contributed by atoms with Gasteiger partial charge in [-0.05, 0) is 42.7 Å². The lowest BCUT2D eigenvalue weighted by molar-refractivity contribution is -0.119. The minimum atomic E-state index is 0.00588. The van der Waals surface area contributed by atoms with Crippen LogP contribution in [0.5, 0.6) is 5.75 Å². The number of amides is 1. The summed E-state index contributed by atoms with van der Waals surface area (Å²) >= 11 is 2.63. The number of aromatic nitrogens is 2. The molecule has 0 atom stereocenters. The zero-order chi connectivity index (χ0) is 21.5.